The highest BCUT2D eigenvalue weighted by molar-refractivity contribution is 5.90. The van der Waals surface area contributed by atoms with Gasteiger partial charge in [-0.25, -0.2) is 0 Å². The normalized spacial score (nSPS) is 29.1. The fraction of sp³-hybridized carbons (Fsp3) is 0.778. The van der Waals surface area contributed by atoms with Crippen LogP contribution in [0.2, 0.25) is 0 Å². The highest BCUT2D eigenvalue weighted by atomic mass is 16.2. The van der Waals surface area contributed by atoms with Gasteiger partial charge in [-0.1, -0.05) is 13.3 Å². The van der Waals surface area contributed by atoms with E-state index in [0.717, 1.165) is 6.42 Å². The summed E-state index contributed by atoms with van der Waals surface area (Å²) in [5.41, 5.74) is 0. The molecule has 0 aromatic rings. The molecule has 1 heterocycles. The Labute approximate surface area is 78.1 Å². The lowest BCUT2D eigenvalue weighted by Crippen LogP contribution is -2.43. The molecular weight excluding hydrogens is 168 g/mol. The third kappa shape index (κ3) is 2.72. The maximum Gasteiger partial charge on any atom is 0.242 e. The van der Waals surface area contributed by atoms with Crippen LogP contribution in [-0.4, -0.2) is 23.9 Å². The van der Waals surface area contributed by atoms with Crippen molar-refractivity contribution in [3.8, 4) is 0 Å². The Morgan fingerprint density at radius 2 is 2.08 bits per heavy atom. The van der Waals surface area contributed by atoms with Crippen molar-refractivity contribution in [1.82, 2.24) is 10.6 Å². The molecule has 0 aromatic heterocycles. The second-order valence-corrected chi connectivity index (χ2v) is 3.52. The van der Waals surface area contributed by atoms with Gasteiger partial charge in [-0.3, -0.25) is 9.59 Å². The molecule has 74 valence electrons. The molecule has 1 aliphatic rings. The molecule has 1 rings (SSSR count). The molecule has 2 atom stereocenters. The Kier molecular flexibility index (Phi) is 3.28. The number of amides is 2. The van der Waals surface area contributed by atoms with Crippen LogP contribution in [0.25, 0.3) is 0 Å². The van der Waals surface area contributed by atoms with E-state index in [0.29, 0.717) is 12.8 Å². The zero-order chi connectivity index (χ0) is 9.84. The van der Waals surface area contributed by atoms with Crippen molar-refractivity contribution >= 4 is 11.8 Å². The standard InChI is InChI=1S/C9H16N2O2/c1-3-4-7-9(13)10-6(2)5-8(12)11-7/h6-7H,3-5H2,1-2H3,(H,10,13)(H,11,12). The molecule has 4 nitrogen and oxygen atoms in total. The van der Waals surface area contributed by atoms with Gasteiger partial charge < -0.3 is 10.6 Å². The average Bonchev–Trinajstić information content (AvgIpc) is 2.12. The SMILES string of the molecule is CCCC1NC(=O)CC(C)NC1=O. The average molecular weight is 184 g/mol. The van der Waals surface area contributed by atoms with Crippen molar-refractivity contribution in [1.29, 1.82) is 0 Å². The van der Waals surface area contributed by atoms with Gasteiger partial charge in [0.05, 0.1) is 0 Å². The molecule has 0 radical (unpaired) electrons. The maximum absolute atomic E-state index is 11.4. The lowest BCUT2D eigenvalue weighted by atomic mass is 10.1. The fourth-order valence-electron chi connectivity index (χ4n) is 1.48. The monoisotopic (exact) mass is 184 g/mol. The third-order valence-electron chi connectivity index (χ3n) is 2.11. The molecule has 1 fully saturated rings. The van der Waals surface area contributed by atoms with Gasteiger partial charge in [0.2, 0.25) is 11.8 Å². The van der Waals surface area contributed by atoms with E-state index in [1.807, 2.05) is 13.8 Å². The topological polar surface area (TPSA) is 58.2 Å². The van der Waals surface area contributed by atoms with E-state index in [1.54, 1.807) is 0 Å². The molecule has 2 amide bonds. The summed E-state index contributed by atoms with van der Waals surface area (Å²) >= 11 is 0. The van der Waals surface area contributed by atoms with Crippen molar-refractivity contribution < 1.29 is 9.59 Å². The predicted molar refractivity (Wildman–Crippen MR) is 49.1 cm³/mol. The summed E-state index contributed by atoms with van der Waals surface area (Å²) in [5, 5.41) is 5.49. The van der Waals surface area contributed by atoms with E-state index >= 15 is 0 Å². The molecule has 0 aliphatic carbocycles. The number of hydrogen-bond donors (Lipinski definition) is 2. The Morgan fingerprint density at radius 3 is 2.69 bits per heavy atom. The van der Waals surface area contributed by atoms with E-state index in [9.17, 15) is 9.59 Å². The molecule has 0 saturated carbocycles. The lowest BCUT2D eigenvalue weighted by molar-refractivity contribution is -0.126. The van der Waals surface area contributed by atoms with Gasteiger partial charge in [0.15, 0.2) is 0 Å². The zero-order valence-corrected chi connectivity index (χ0v) is 8.09. The van der Waals surface area contributed by atoms with Crippen molar-refractivity contribution in [3.05, 3.63) is 0 Å². The van der Waals surface area contributed by atoms with Crippen molar-refractivity contribution in [2.24, 2.45) is 0 Å². The molecule has 2 unspecified atom stereocenters. The first-order chi connectivity index (χ1) is 6.13. The first kappa shape index (κ1) is 10.0. The zero-order valence-electron chi connectivity index (χ0n) is 8.09. The van der Waals surface area contributed by atoms with Crippen LogP contribution in [0.1, 0.15) is 33.1 Å². The fourth-order valence-corrected chi connectivity index (χ4v) is 1.48. The van der Waals surface area contributed by atoms with Gasteiger partial charge >= 0.3 is 0 Å². The minimum Gasteiger partial charge on any atom is -0.351 e. The van der Waals surface area contributed by atoms with Crippen LogP contribution < -0.4 is 10.6 Å². The Hall–Kier alpha value is -1.06. The molecule has 1 saturated heterocycles. The quantitative estimate of drug-likeness (QED) is 0.643. The molecule has 13 heavy (non-hydrogen) atoms. The Balaban J connectivity index is 2.62. The summed E-state index contributed by atoms with van der Waals surface area (Å²) in [4.78, 5) is 22.7. The van der Waals surface area contributed by atoms with Crippen LogP contribution in [0.5, 0.6) is 0 Å². The van der Waals surface area contributed by atoms with Crippen molar-refractivity contribution in [3.63, 3.8) is 0 Å². The highest BCUT2D eigenvalue weighted by Gasteiger charge is 2.25. The van der Waals surface area contributed by atoms with Crippen LogP contribution in [0.3, 0.4) is 0 Å². The molecule has 0 spiro atoms. The number of hydrogen-bond acceptors (Lipinski definition) is 2. The molecule has 4 heteroatoms. The lowest BCUT2D eigenvalue weighted by Gasteiger charge is -2.13. The predicted octanol–water partition coefficient (Wildman–Crippen LogP) is 0.180. The summed E-state index contributed by atoms with van der Waals surface area (Å²) < 4.78 is 0. The first-order valence-corrected chi connectivity index (χ1v) is 4.73. The summed E-state index contributed by atoms with van der Waals surface area (Å²) in [7, 11) is 0. The highest BCUT2D eigenvalue weighted by Crippen LogP contribution is 2.04. The summed E-state index contributed by atoms with van der Waals surface area (Å²) in [6, 6.07) is -0.378. The molecule has 1 aliphatic heterocycles. The van der Waals surface area contributed by atoms with Crippen LogP contribution in [0.15, 0.2) is 0 Å². The van der Waals surface area contributed by atoms with Crippen LogP contribution in [0, 0.1) is 0 Å². The maximum atomic E-state index is 11.4. The van der Waals surface area contributed by atoms with E-state index in [-0.39, 0.29) is 23.9 Å². The van der Waals surface area contributed by atoms with E-state index in [2.05, 4.69) is 10.6 Å². The largest absolute Gasteiger partial charge is 0.351 e. The minimum atomic E-state index is -0.331. The number of nitrogens with one attached hydrogen (secondary N) is 2. The molecule has 0 bridgehead atoms. The van der Waals surface area contributed by atoms with Gasteiger partial charge in [-0.2, -0.15) is 0 Å². The summed E-state index contributed by atoms with van der Waals surface area (Å²) in [5.74, 6) is -0.0931. The third-order valence-corrected chi connectivity index (χ3v) is 2.11. The van der Waals surface area contributed by atoms with E-state index < -0.39 is 0 Å². The first-order valence-electron chi connectivity index (χ1n) is 4.73. The number of carbonyl (C=O) groups is 2. The van der Waals surface area contributed by atoms with Gasteiger partial charge in [-0.05, 0) is 13.3 Å². The molecular formula is C9H16N2O2. The van der Waals surface area contributed by atoms with Crippen LogP contribution in [0.4, 0.5) is 0 Å². The van der Waals surface area contributed by atoms with Crippen molar-refractivity contribution in [2.45, 2.75) is 45.2 Å². The molecule has 2 N–H and O–H groups in total. The smallest absolute Gasteiger partial charge is 0.242 e. The van der Waals surface area contributed by atoms with E-state index in [4.69, 9.17) is 0 Å². The molecule has 0 aromatic carbocycles. The van der Waals surface area contributed by atoms with Crippen molar-refractivity contribution in [2.75, 3.05) is 0 Å². The van der Waals surface area contributed by atoms with Gasteiger partial charge in [0, 0.05) is 12.5 Å². The second-order valence-electron chi connectivity index (χ2n) is 3.52. The van der Waals surface area contributed by atoms with E-state index in [1.165, 1.54) is 0 Å². The van der Waals surface area contributed by atoms with Gasteiger partial charge in [0.25, 0.3) is 0 Å². The second kappa shape index (κ2) is 4.25. The number of carbonyl (C=O) groups excluding carboxylic acids is 2. The Morgan fingerprint density at radius 1 is 1.38 bits per heavy atom. The summed E-state index contributed by atoms with van der Waals surface area (Å²) in [6.45, 7) is 3.83. The van der Waals surface area contributed by atoms with Gasteiger partial charge in [-0.15, -0.1) is 0 Å². The summed E-state index contributed by atoms with van der Waals surface area (Å²) in [6.07, 6.45) is 1.99. The van der Waals surface area contributed by atoms with Crippen LogP contribution in [-0.2, 0) is 9.59 Å². The van der Waals surface area contributed by atoms with Crippen LogP contribution >= 0.6 is 0 Å². The van der Waals surface area contributed by atoms with Gasteiger partial charge in [0.1, 0.15) is 6.04 Å². The Bertz CT molecular complexity index is 216. The minimum absolute atomic E-state index is 0.0377. The number of rotatable bonds is 2.